The largest absolute Gasteiger partial charge is 0.573 e. The molecule has 0 saturated heterocycles. The predicted octanol–water partition coefficient (Wildman–Crippen LogP) is 4.61. The Labute approximate surface area is 205 Å². The highest BCUT2D eigenvalue weighted by Gasteiger charge is 2.31. The number of hydrogen-bond donors (Lipinski definition) is 0. The molecule has 0 aliphatic rings. The number of aromatic nitrogens is 4. The van der Waals surface area contributed by atoms with E-state index < -0.39 is 23.4 Å². The molecule has 2 aromatic heterocycles. The van der Waals surface area contributed by atoms with Gasteiger partial charge < -0.3 is 9.47 Å². The van der Waals surface area contributed by atoms with Crippen LogP contribution in [0.15, 0.2) is 58.1 Å². The van der Waals surface area contributed by atoms with Crippen LogP contribution in [0.3, 0.4) is 0 Å². The highest BCUT2D eigenvalue weighted by atomic mass is 35.5. The smallest absolute Gasteiger partial charge is 0.425 e. The fourth-order valence-electron chi connectivity index (χ4n) is 3.43. The van der Waals surface area contributed by atoms with Gasteiger partial charge in [0.25, 0.3) is 5.56 Å². The Morgan fingerprint density at radius 1 is 1.06 bits per heavy atom. The van der Waals surface area contributed by atoms with E-state index in [1.54, 1.807) is 30.5 Å². The lowest BCUT2D eigenvalue weighted by Gasteiger charge is -2.12. The Morgan fingerprint density at radius 2 is 1.74 bits per heavy atom. The zero-order chi connectivity index (χ0) is 25.3. The summed E-state index contributed by atoms with van der Waals surface area (Å²) >= 11 is 7.27. The van der Waals surface area contributed by atoms with Crippen LogP contribution in [-0.2, 0) is 19.5 Å². The molecule has 8 nitrogen and oxygen atoms in total. The van der Waals surface area contributed by atoms with Crippen LogP contribution >= 0.6 is 23.4 Å². The second-order valence-electron chi connectivity index (χ2n) is 7.40. The summed E-state index contributed by atoms with van der Waals surface area (Å²) in [5.74, 6) is -0.362. The summed E-state index contributed by atoms with van der Waals surface area (Å²) < 4.78 is 51.5. The summed E-state index contributed by atoms with van der Waals surface area (Å²) in [4.78, 5) is 30.4. The Balaban J connectivity index is 1.88. The van der Waals surface area contributed by atoms with Crippen molar-refractivity contribution in [3.63, 3.8) is 0 Å². The summed E-state index contributed by atoms with van der Waals surface area (Å²) in [6, 6.07) is 11.7. The van der Waals surface area contributed by atoms with Crippen LogP contribution in [0.5, 0.6) is 17.5 Å². The molecule has 0 spiro atoms. The Kier molecular flexibility index (Phi) is 6.86. The van der Waals surface area contributed by atoms with Crippen LogP contribution in [0.2, 0.25) is 5.02 Å². The average molecular weight is 527 g/mol. The van der Waals surface area contributed by atoms with E-state index in [1.165, 1.54) is 40.1 Å². The second kappa shape index (κ2) is 9.70. The van der Waals surface area contributed by atoms with Gasteiger partial charge in [-0.3, -0.25) is 13.9 Å². The highest BCUT2D eigenvalue weighted by Crippen LogP contribution is 2.30. The van der Waals surface area contributed by atoms with Crippen molar-refractivity contribution in [2.24, 2.45) is 7.05 Å². The lowest BCUT2D eigenvalue weighted by atomic mass is 10.2. The van der Waals surface area contributed by atoms with Gasteiger partial charge in [0.1, 0.15) is 11.5 Å². The van der Waals surface area contributed by atoms with E-state index in [9.17, 15) is 22.8 Å². The maximum Gasteiger partial charge on any atom is 0.573 e. The zero-order valence-corrected chi connectivity index (χ0v) is 19.9. The van der Waals surface area contributed by atoms with Crippen LogP contribution in [0, 0.1) is 0 Å². The van der Waals surface area contributed by atoms with E-state index in [0.29, 0.717) is 5.02 Å². The van der Waals surface area contributed by atoms with Crippen molar-refractivity contribution in [1.82, 2.24) is 18.7 Å². The molecule has 0 saturated carbocycles. The molecule has 0 N–H and O–H groups in total. The summed E-state index contributed by atoms with van der Waals surface area (Å²) in [6.07, 6.45) is -3.12. The van der Waals surface area contributed by atoms with E-state index >= 15 is 0 Å². The normalized spacial score (nSPS) is 11.7. The minimum Gasteiger partial charge on any atom is -0.425 e. The Morgan fingerprint density at radius 3 is 2.40 bits per heavy atom. The molecule has 184 valence electrons. The van der Waals surface area contributed by atoms with Crippen molar-refractivity contribution in [3.05, 3.63) is 80.0 Å². The third kappa shape index (κ3) is 5.33. The molecule has 0 fully saturated rings. The maximum absolute atomic E-state index is 13.3. The summed E-state index contributed by atoms with van der Waals surface area (Å²) in [5, 5.41) is 0.520. The van der Waals surface area contributed by atoms with Crippen LogP contribution in [0.1, 0.15) is 5.56 Å². The third-order valence-electron chi connectivity index (χ3n) is 4.96. The van der Waals surface area contributed by atoms with E-state index in [2.05, 4.69) is 9.72 Å². The van der Waals surface area contributed by atoms with Crippen molar-refractivity contribution in [1.29, 1.82) is 0 Å². The molecular weight excluding hydrogens is 509 g/mol. The summed E-state index contributed by atoms with van der Waals surface area (Å²) in [7, 11) is 1.47. The molecular formula is C22H18ClF3N4O4S. The number of nitrogens with zero attached hydrogens (tertiary/aromatic N) is 4. The zero-order valence-electron chi connectivity index (χ0n) is 18.4. The maximum atomic E-state index is 13.3. The Bertz CT molecular complexity index is 1500. The standard InChI is InChI=1S/C22H18ClF3N4O4S/c1-28-18-17(19(31)30(12-35-2)21(28)32)29(11-13-6-8-14(23)9-7-13)20(27-18)33-15-4-3-5-16(10-15)34-22(24,25)26/h3-10H,11-12H2,1-2H3. The van der Waals surface area contributed by atoms with Gasteiger partial charge in [-0.15, -0.1) is 24.9 Å². The van der Waals surface area contributed by atoms with Crippen molar-refractivity contribution in [3.8, 4) is 17.5 Å². The molecule has 35 heavy (non-hydrogen) atoms. The van der Waals surface area contributed by atoms with Gasteiger partial charge in [-0.2, -0.15) is 4.98 Å². The molecule has 0 bridgehead atoms. The molecule has 0 aliphatic heterocycles. The highest BCUT2D eigenvalue weighted by molar-refractivity contribution is 7.97. The van der Waals surface area contributed by atoms with Gasteiger partial charge in [0, 0.05) is 18.1 Å². The summed E-state index contributed by atoms with van der Waals surface area (Å²) in [6.45, 7) is 0.119. The van der Waals surface area contributed by atoms with Gasteiger partial charge in [0.15, 0.2) is 11.2 Å². The summed E-state index contributed by atoms with van der Waals surface area (Å²) in [5.41, 5.74) is -0.196. The fraction of sp³-hybridized carbons (Fsp3) is 0.227. The first-order valence-corrected chi connectivity index (χ1v) is 11.8. The van der Waals surface area contributed by atoms with Crippen molar-refractivity contribution >= 4 is 34.5 Å². The van der Waals surface area contributed by atoms with Gasteiger partial charge >= 0.3 is 18.1 Å². The number of thioether (sulfide) groups is 1. The number of rotatable bonds is 7. The molecule has 2 heterocycles. The van der Waals surface area contributed by atoms with Crippen LogP contribution in [-0.4, -0.2) is 31.3 Å². The molecule has 0 unspecified atom stereocenters. The molecule has 4 aromatic rings. The second-order valence-corrected chi connectivity index (χ2v) is 8.67. The molecule has 13 heteroatoms. The van der Waals surface area contributed by atoms with E-state index in [-0.39, 0.29) is 35.3 Å². The van der Waals surface area contributed by atoms with Gasteiger partial charge in [-0.05, 0) is 36.1 Å². The fourth-order valence-corrected chi connectivity index (χ4v) is 4.04. The van der Waals surface area contributed by atoms with E-state index in [1.807, 2.05) is 0 Å². The van der Waals surface area contributed by atoms with Crippen molar-refractivity contribution in [2.45, 2.75) is 18.8 Å². The molecule has 0 atom stereocenters. The van der Waals surface area contributed by atoms with Crippen LogP contribution in [0.25, 0.3) is 11.2 Å². The third-order valence-corrected chi connectivity index (χ3v) is 5.73. The number of benzene rings is 2. The molecule has 4 rings (SSSR count). The minimum absolute atomic E-state index is 0.00569. The topological polar surface area (TPSA) is 80.3 Å². The number of aryl methyl sites for hydroxylation is 1. The number of halogens is 4. The SMILES string of the molecule is CSCn1c(=O)c2c(nc(Oc3cccc(OC(F)(F)F)c3)n2Cc2ccc(Cl)cc2)n(C)c1=O. The van der Waals surface area contributed by atoms with Gasteiger partial charge in [-0.25, -0.2) is 9.36 Å². The van der Waals surface area contributed by atoms with Crippen molar-refractivity contribution < 1.29 is 22.6 Å². The van der Waals surface area contributed by atoms with E-state index in [0.717, 1.165) is 22.3 Å². The predicted molar refractivity (Wildman–Crippen MR) is 127 cm³/mol. The van der Waals surface area contributed by atoms with E-state index in [4.69, 9.17) is 16.3 Å². The number of fused-ring (bicyclic) bond motifs is 1. The lowest BCUT2D eigenvalue weighted by Crippen LogP contribution is -2.39. The monoisotopic (exact) mass is 526 g/mol. The molecule has 0 amide bonds. The van der Waals surface area contributed by atoms with Gasteiger partial charge in [-0.1, -0.05) is 29.8 Å². The van der Waals surface area contributed by atoms with Crippen molar-refractivity contribution in [2.75, 3.05) is 6.26 Å². The molecule has 0 aliphatic carbocycles. The lowest BCUT2D eigenvalue weighted by molar-refractivity contribution is -0.274. The Hall–Kier alpha value is -3.38. The molecule has 2 aromatic carbocycles. The van der Waals surface area contributed by atoms with Gasteiger partial charge in [0.2, 0.25) is 0 Å². The first kappa shape index (κ1) is 24.7. The quantitative estimate of drug-likeness (QED) is 0.350. The minimum atomic E-state index is -4.87. The number of hydrogen-bond acceptors (Lipinski definition) is 6. The van der Waals surface area contributed by atoms with Crippen LogP contribution < -0.4 is 20.7 Å². The number of alkyl halides is 3. The van der Waals surface area contributed by atoms with Gasteiger partial charge in [0.05, 0.1) is 12.4 Å². The average Bonchev–Trinajstić information content (AvgIpc) is 3.14. The first-order chi connectivity index (χ1) is 16.6. The first-order valence-electron chi connectivity index (χ1n) is 10.0. The number of imidazole rings is 1. The molecule has 0 radical (unpaired) electrons. The number of ether oxygens (including phenoxy) is 2. The van der Waals surface area contributed by atoms with Crippen LogP contribution in [0.4, 0.5) is 13.2 Å².